The molecule has 0 saturated carbocycles. The van der Waals surface area contributed by atoms with E-state index in [4.69, 9.17) is 9.47 Å². The van der Waals surface area contributed by atoms with Crippen LogP contribution in [0.3, 0.4) is 0 Å². The SMILES string of the molecule is COc1cccc([C@H]2CN(C(=O)c3ccc(C)cc3)C[C@@H]2C(=O)NCc2ccc(F)cc2)c1OC. The van der Waals surface area contributed by atoms with Crippen LogP contribution < -0.4 is 14.8 Å². The molecule has 3 aromatic rings. The van der Waals surface area contributed by atoms with Gasteiger partial charge in [-0.05, 0) is 42.8 Å². The molecule has 35 heavy (non-hydrogen) atoms. The molecule has 1 fully saturated rings. The Kier molecular flexibility index (Phi) is 7.34. The first-order chi connectivity index (χ1) is 16.9. The number of rotatable bonds is 7. The molecule has 0 bridgehead atoms. The van der Waals surface area contributed by atoms with Crippen LogP contribution in [0.25, 0.3) is 0 Å². The maximum absolute atomic E-state index is 13.4. The number of methoxy groups -OCH3 is 2. The number of nitrogens with zero attached hydrogens (tertiary/aromatic N) is 1. The van der Waals surface area contributed by atoms with Crippen LogP contribution in [-0.2, 0) is 11.3 Å². The Labute approximate surface area is 204 Å². The van der Waals surface area contributed by atoms with Gasteiger partial charge in [-0.15, -0.1) is 0 Å². The van der Waals surface area contributed by atoms with Gasteiger partial charge in [0.1, 0.15) is 5.82 Å². The number of aryl methyl sites for hydroxylation is 1. The number of halogens is 1. The lowest BCUT2D eigenvalue weighted by atomic mass is 9.87. The molecule has 1 heterocycles. The minimum Gasteiger partial charge on any atom is -0.493 e. The number of likely N-dealkylation sites (tertiary alicyclic amines) is 1. The van der Waals surface area contributed by atoms with Gasteiger partial charge in [-0.1, -0.05) is 42.0 Å². The van der Waals surface area contributed by atoms with E-state index in [9.17, 15) is 14.0 Å². The highest BCUT2D eigenvalue weighted by molar-refractivity contribution is 5.95. The van der Waals surface area contributed by atoms with Crippen LogP contribution in [0.1, 0.15) is 33.0 Å². The highest BCUT2D eigenvalue weighted by Gasteiger charge is 2.42. The average molecular weight is 477 g/mol. The first kappa shape index (κ1) is 24.3. The van der Waals surface area contributed by atoms with Gasteiger partial charge in [-0.25, -0.2) is 4.39 Å². The summed E-state index contributed by atoms with van der Waals surface area (Å²) < 4.78 is 24.3. The zero-order valence-electron chi connectivity index (χ0n) is 20.1. The van der Waals surface area contributed by atoms with Crippen LogP contribution in [-0.4, -0.2) is 44.0 Å². The predicted molar refractivity (Wildman–Crippen MR) is 131 cm³/mol. The van der Waals surface area contributed by atoms with E-state index in [0.29, 0.717) is 23.6 Å². The van der Waals surface area contributed by atoms with Crippen LogP contribution >= 0.6 is 0 Å². The van der Waals surface area contributed by atoms with Gasteiger partial charge in [0.05, 0.1) is 20.1 Å². The van der Waals surface area contributed by atoms with Gasteiger partial charge in [0.2, 0.25) is 5.91 Å². The third-order valence-corrected chi connectivity index (χ3v) is 6.46. The van der Waals surface area contributed by atoms with E-state index in [1.54, 1.807) is 49.5 Å². The molecule has 0 spiro atoms. The fourth-order valence-electron chi connectivity index (χ4n) is 4.56. The van der Waals surface area contributed by atoms with E-state index in [-0.39, 0.29) is 36.6 Å². The van der Waals surface area contributed by atoms with Gasteiger partial charge in [0.15, 0.2) is 11.5 Å². The summed E-state index contributed by atoms with van der Waals surface area (Å²) in [4.78, 5) is 28.4. The van der Waals surface area contributed by atoms with Crippen molar-refractivity contribution in [3.05, 3.63) is 94.8 Å². The van der Waals surface area contributed by atoms with Crippen molar-refractivity contribution in [1.82, 2.24) is 10.2 Å². The Balaban J connectivity index is 1.61. The van der Waals surface area contributed by atoms with E-state index in [2.05, 4.69) is 5.32 Å². The highest BCUT2D eigenvalue weighted by atomic mass is 19.1. The third kappa shape index (κ3) is 5.29. The molecule has 4 rings (SSSR count). The number of amides is 2. The van der Waals surface area contributed by atoms with E-state index in [1.807, 2.05) is 31.2 Å². The number of carbonyl (C=O) groups is 2. The smallest absolute Gasteiger partial charge is 0.253 e. The first-order valence-corrected chi connectivity index (χ1v) is 11.5. The molecule has 2 amide bonds. The summed E-state index contributed by atoms with van der Waals surface area (Å²) in [5.74, 6) is -0.284. The monoisotopic (exact) mass is 476 g/mol. The van der Waals surface area contributed by atoms with Gasteiger partial charge in [-0.3, -0.25) is 9.59 Å². The number of hydrogen-bond acceptors (Lipinski definition) is 4. The molecule has 0 aliphatic carbocycles. The van der Waals surface area contributed by atoms with Crippen molar-refractivity contribution in [3.8, 4) is 11.5 Å². The molecule has 1 aliphatic heterocycles. The molecule has 3 aromatic carbocycles. The van der Waals surface area contributed by atoms with Crippen LogP contribution in [0.2, 0.25) is 0 Å². The maximum atomic E-state index is 13.4. The summed E-state index contributed by atoms with van der Waals surface area (Å²) in [6, 6.07) is 19.0. The van der Waals surface area contributed by atoms with Crippen molar-refractivity contribution in [2.45, 2.75) is 19.4 Å². The fraction of sp³-hybridized carbons (Fsp3) is 0.286. The van der Waals surface area contributed by atoms with Crippen molar-refractivity contribution < 1.29 is 23.5 Å². The summed E-state index contributed by atoms with van der Waals surface area (Å²) in [5.41, 5.74) is 3.26. The summed E-state index contributed by atoms with van der Waals surface area (Å²) >= 11 is 0. The Morgan fingerprint density at radius 1 is 0.971 bits per heavy atom. The number of carbonyl (C=O) groups excluding carboxylic acids is 2. The molecule has 2 atom stereocenters. The fourth-order valence-corrected chi connectivity index (χ4v) is 4.56. The first-order valence-electron chi connectivity index (χ1n) is 11.5. The van der Waals surface area contributed by atoms with Gasteiger partial charge in [0.25, 0.3) is 5.91 Å². The van der Waals surface area contributed by atoms with E-state index >= 15 is 0 Å². The van der Waals surface area contributed by atoms with Gasteiger partial charge < -0.3 is 19.7 Å². The van der Waals surface area contributed by atoms with Crippen LogP contribution in [0, 0.1) is 18.7 Å². The Morgan fingerprint density at radius 3 is 2.34 bits per heavy atom. The molecule has 6 nitrogen and oxygen atoms in total. The second-order valence-corrected chi connectivity index (χ2v) is 8.72. The molecule has 182 valence electrons. The van der Waals surface area contributed by atoms with Crippen LogP contribution in [0.4, 0.5) is 4.39 Å². The van der Waals surface area contributed by atoms with Gasteiger partial charge in [0, 0.05) is 36.7 Å². The lowest BCUT2D eigenvalue weighted by Crippen LogP contribution is -2.35. The standard InChI is InChI=1S/C28H29FN2O4/c1-18-7-11-20(12-8-18)28(33)31-16-23(22-5-4-6-25(34-2)26(22)35-3)24(17-31)27(32)30-15-19-9-13-21(29)14-10-19/h4-14,23-24H,15-17H2,1-3H3,(H,30,32)/t23-,24+/m1/s1. The van der Waals surface area contributed by atoms with Crippen molar-refractivity contribution >= 4 is 11.8 Å². The van der Waals surface area contributed by atoms with Crippen molar-refractivity contribution in [1.29, 1.82) is 0 Å². The number of ether oxygens (including phenoxy) is 2. The molecule has 0 unspecified atom stereocenters. The lowest BCUT2D eigenvalue weighted by Gasteiger charge is -2.21. The van der Waals surface area contributed by atoms with Crippen LogP contribution in [0.5, 0.6) is 11.5 Å². The Morgan fingerprint density at radius 2 is 1.69 bits per heavy atom. The van der Waals surface area contributed by atoms with E-state index < -0.39 is 5.92 Å². The molecule has 0 aromatic heterocycles. The molecular formula is C28H29FN2O4. The molecule has 1 aliphatic rings. The number of para-hydroxylation sites is 1. The molecule has 1 N–H and O–H groups in total. The van der Waals surface area contributed by atoms with Crippen molar-refractivity contribution in [2.24, 2.45) is 5.92 Å². The number of benzene rings is 3. The molecule has 0 radical (unpaired) electrons. The van der Waals surface area contributed by atoms with E-state index in [1.165, 1.54) is 12.1 Å². The predicted octanol–water partition coefficient (Wildman–Crippen LogP) is 4.32. The molecular weight excluding hydrogens is 447 g/mol. The van der Waals surface area contributed by atoms with Gasteiger partial charge >= 0.3 is 0 Å². The minimum atomic E-state index is -0.495. The zero-order valence-corrected chi connectivity index (χ0v) is 20.1. The number of hydrogen-bond donors (Lipinski definition) is 1. The largest absolute Gasteiger partial charge is 0.493 e. The van der Waals surface area contributed by atoms with Crippen molar-refractivity contribution in [2.75, 3.05) is 27.3 Å². The summed E-state index contributed by atoms with van der Waals surface area (Å²) in [7, 11) is 3.13. The van der Waals surface area contributed by atoms with Gasteiger partial charge in [-0.2, -0.15) is 0 Å². The quantitative estimate of drug-likeness (QED) is 0.552. The normalized spacial score (nSPS) is 17.2. The lowest BCUT2D eigenvalue weighted by molar-refractivity contribution is -0.125. The second-order valence-electron chi connectivity index (χ2n) is 8.72. The summed E-state index contributed by atoms with van der Waals surface area (Å²) in [5, 5.41) is 2.96. The summed E-state index contributed by atoms with van der Waals surface area (Å²) in [6.45, 7) is 2.87. The summed E-state index contributed by atoms with van der Waals surface area (Å²) in [6.07, 6.45) is 0. The minimum absolute atomic E-state index is 0.120. The van der Waals surface area contributed by atoms with E-state index in [0.717, 1.165) is 16.7 Å². The zero-order chi connectivity index (χ0) is 24.9. The Hall–Kier alpha value is -3.87. The van der Waals surface area contributed by atoms with Crippen molar-refractivity contribution in [3.63, 3.8) is 0 Å². The molecule has 1 saturated heterocycles. The highest BCUT2D eigenvalue weighted by Crippen LogP contribution is 2.42. The maximum Gasteiger partial charge on any atom is 0.253 e. The molecule has 7 heteroatoms. The van der Waals surface area contributed by atoms with Crippen LogP contribution in [0.15, 0.2) is 66.7 Å². The number of nitrogens with one attached hydrogen (secondary N) is 1. The second kappa shape index (κ2) is 10.6. The third-order valence-electron chi connectivity index (χ3n) is 6.46. The average Bonchev–Trinajstić information content (AvgIpc) is 3.33. The Bertz CT molecular complexity index is 1190. The topological polar surface area (TPSA) is 67.9 Å².